The molecule has 0 atom stereocenters. The molecule has 13 heavy (non-hydrogen) atoms. The minimum atomic E-state index is -0.407. The molecular formula is C9H10ClNO2. The number of ether oxygens (including phenoxy) is 1. The zero-order valence-electron chi connectivity index (χ0n) is 7.21. The van der Waals surface area contributed by atoms with E-state index in [1.807, 2.05) is 12.1 Å². The van der Waals surface area contributed by atoms with E-state index in [9.17, 15) is 4.79 Å². The molecule has 0 heterocycles. The number of carbonyl (C=O) groups is 1. The van der Waals surface area contributed by atoms with Crippen molar-refractivity contribution in [2.75, 3.05) is 19.0 Å². The lowest BCUT2D eigenvalue weighted by molar-refractivity contribution is -0.110. The van der Waals surface area contributed by atoms with Crippen molar-refractivity contribution in [1.29, 1.82) is 0 Å². The Hall–Kier alpha value is -1.22. The largest absolute Gasteiger partial charge is 0.497 e. The topological polar surface area (TPSA) is 38.3 Å². The molecule has 1 aromatic rings. The van der Waals surface area contributed by atoms with Crippen LogP contribution in [-0.2, 0) is 4.79 Å². The second-order valence-corrected chi connectivity index (χ2v) is 2.86. The molecule has 0 saturated carbocycles. The molecule has 3 nitrogen and oxygen atoms in total. The van der Waals surface area contributed by atoms with Crippen LogP contribution in [0.5, 0.6) is 5.75 Å². The van der Waals surface area contributed by atoms with Gasteiger partial charge in [0.15, 0.2) is 0 Å². The molecule has 0 saturated heterocycles. The van der Waals surface area contributed by atoms with E-state index in [0.717, 1.165) is 11.4 Å². The molecule has 0 aromatic heterocycles. The lowest BCUT2D eigenvalue weighted by atomic mass is 10.3. The van der Waals surface area contributed by atoms with Crippen LogP contribution in [0.3, 0.4) is 0 Å². The number of halogens is 1. The van der Waals surface area contributed by atoms with Crippen molar-refractivity contribution in [3.8, 4) is 5.75 Å². The highest BCUT2D eigenvalue weighted by molar-refractivity contribution is 6.64. The highest BCUT2D eigenvalue weighted by atomic mass is 35.5. The summed E-state index contributed by atoms with van der Waals surface area (Å²) in [5, 5.41) is 2.45. The first-order valence-electron chi connectivity index (χ1n) is 3.78. The van der Waals surface area contributed by atoms with Gasteiger partial charge in [-0.2, -0.15) is 0 Å². The Balaban J connectivity index is 2.54. The molecule has 0 radical (unpaired) electrons. The van der Waals surface area contributed by atoms with Crippen LogP contribution in [0.15, 0.2) is 24.3 Å². The number of carbonyl (C=O) groups excluding carboxylic acids is 1. The van der Waals surface area contributed by atoms with E-state index in [-0.39, 0.29) is 6.54 Å². The Morgan fingerprint density at radius 1 is 1.46 bits per heavy atom. The summed E-state index contributed by atoms with van der Waals surface area (Å²) >= 11 is 5.16. The number of anilines is 1. The van der Waals surface area contributed by atoms with E-state index in [0.29, 0.717) is 0 Å². The predicted molar refractivity (Wildman–Crippen MR) is 52.3 cm³/mol. The maximum Gasteiger partial charge on any atom is 0.240 e. The lowest BCUT2D eigenvalue weighted by Gasteiger charge is -2.04. The van der Waals surface area contributed by atoms with Crippen molar-refractivity contribution in [1.82, 2.24) is 0 Å². The molecule has 0 fully saturated rings. The summed E-state index contributed by atoms with van der Waals surface area (Å²) < 4.78 is 4.97. The van der Waals surface area contributed by atoms with Gasteiger partial charge in [-0.25, -0.2) is 0 Å². The Labute approximate surface area is 81.7 Å². The fourth-order valence-electron chi connectivity index (χ4n) is 0.880. The van der Waals surface area contributed by atoms with E-state index < -0.39 is 5.24 Å². The van der Waals surface area contributed by atoms with Crippen LogP contribution in [0.2, 0.25) is 0 Å². The fraction of sp³-hybridized carbons (Fsp3) is 0.222. The summed E-state index contributed by atoms with van der Waals surface area (Å²) in [5.41, 5.74) is 0.842. The lowest BCUT2D eigenvalue weighted by Crippen LogP contribution is -2.07. The minimum Gasteiger partial charge on any atom is -0.497 e. The normalized spacial score (nSPS) is 9.38. The zero-order valence-corrected chi connectivity index (χ0v) is 7.97. The van der Waals surface area contributed by atoms with E-state index in [1.165, 1.54) is 0 Å². The van der Waals surface area contributed by atoms with Crippen molar-refractivity contribution >= 4 is 22.5 Å². The Kier molecular flexibility index (Phi) is 3.58. The second kappa shape index (κ2) is 4.72. The van der Waals surface area contributed by atoms with Gasteiger partial charge in [-0.1, -0.05) is 0 Å². The molecule has 1 rings (SSSR count). The second-order valence-electron chi connectivity index (χ2n) is 2.44. The van der Waals surface area contributed by atoms with Crippen LogP contribution in [0, 0.1) is 0 Å². The number of nitrogens with one attached hydrogen (secondary N) is 1. The first-order chi connectivity index (χ1) is 6.22. The van der Waals surface area contributed by atoms with Gasteiger partial charge in [0.2, 0.25) is 5.24 Å². The maximum absolute atomic E-state index is 10.4. The van der Waals surface area contributed by atoms with Gasteiger partial charge in [0, 0.05) is 5.69 Å². The van der Waals surface area contributed by atoms with Crippen LogP contribution in [-0.4, -0.2) is 18.9 Å². The van der Waals surface area contributed by atoms with E-state index in [1.54, 1.807) is 19.2 Å². The molecule has 70 valence electrons. The SMILES string of the molecule is COc1ccc(NCC(=O)Cl)cc1. The van der Waals surface area contributed by atoms with Crippen LogP contribution in [0.1, 0.15) is 0 Å². The molecule has 0 amide bonds. The molecule has 1 aromatic carbocycles. The van der Waals surface area contributed by atoms with Crippen molar-refractivity contribution < 1.29 is 9.53 Å². The van der Waals surface area contributed by atoms with Gasteiger partial charge in [0.25, 0.3) is 0 Å². The summed E-state index contributed by atoms with van der Waals surface area (Å²) in [5.74, 6) is 0.780. The average Bonchev–Trinajstić information content (AvgIpc) is 2.15. The summed E-state index contributed by atoms with van der Waals surface area (Å²) in [7, 11) is 1.60. The number of hydrogen-bond donors (Lipinski definition) is 1. The van der Waals surface area contributed by atoms with Crippen LogP contribution in [0.25, 0.3) is 0 Å². The van der Waals surface area contributed by atoms with Gasteiger partial charge in [-0.3, -0.25) is 4.79 Å². The average molecular weight is 200 g/mol. The van der Waals surface area contributed by atoms with Gasteiger partial charge >= 0.3 is 0 Å². The first-order valence-corrected chi connectivity index (χ1v) is 4.16. The summed E-state index contributed by atoms with van der Waals surface area (Å²) in [4.78, 5) is 10.4. The number of hydrogen-bond acceptors (Lipinski definition) is 3. The smallest absolute Gasteiger partial charge is 0.240 e. The van der Waals surface area contributed by atoms with Crippen molar-refractivity contribution in [2.24, 2.45) is 0 Å². The molecule has 0 aliphatic rings. The van der Waals surface area contributed by atoms with Gasteiger partial charge < -0.3 is 10.1 Å². The first kappa shape index (κ1) is 9.86. The monoisotopic (exact) mass is 199 g/mol. The molecule has 0 bridgehead atoms. The maximum atomic E-state index is 10.4. The quantitative estimate of drug-likeness (QED) is 0.753. The summed E-state index contributed by atoms with van der Waals surface area (Å²) in [6.07, 6.45) is 0. The van der Waals surface area contributed by atoms with Crippen molar-refractivity contribution in [3.63, 3.8) is 0 Å². The minimum absolute atomic E-state index is 0.133. The fourth-order valence-corrected chi connectivity index (χ4v) is 0.947. The van der Waals surface area contributed by atoms with Crippen LogP contribution < -0.4 is 10.1 Å². The molecule has 4 heteroatoms. The molecule has 0 aliphatic carbocycles. The highest BCUT2D eigenvalue weighted by Gasteiger charge is 1.96. The Bertz CT molecular complexity index is 284. The third kappa shape index (κ3) is 3.34. The van der Waals surface area contributed by atoms with Crippen LogP contribution >= 0.6 is 11.6 Å². The molecular weight excluding hydrogens is 190 g/mol. The molecule has 0 aliphatic heterocycles. The Morgan fingerprint density at radius 2 is 2.08 bits per heavy atom. The summed E-state index contributed by atoms with van der Waals surface area (Å²) in [6.45, 7) is 0.133. The number of methoxy groups -OCH3 is 1. The van der Waals surface area contributed by atoms with Crippen LogP contribution in [0.4, 0.5) is 5.69 Å². The molecule has 1 N–H and O–H groups in total. The van der Waals surface area contributed by atoms with Gasteiger partial charge in [0.1, 0.15) is 5.75 Å². The zero-order chi connectivity index (χ0) is 9.68. The van der Waals surface area contributed by atoms with E-state index in [2.05, 4.69) is 5.32 Å². The number of rotatable bonds is 4. The third-order valence-corrected chi connectivity index (χ3v) is 1.66. The van der Waals surface area contributed by atoms with Gasteiger partial charge in [0.05, 0.1) is 13.7 Å². The summed E-state index contributed by atoms with van der Waals surface area (Å²) in [6, 6.07) is 7.25. The van der Waals surface area contributed by atoms with Gasteiger partial charge in [-0.15, -0.1) is 0 Å². The Morgan fingerprint density at radius 3 is 2.54 bits per heavy atom. The van der Waals surface area contributed by atoms with Crippen molar-refractivity contribution in [3.05, 3.63) is 24.3 Å². The van der Waals surface area contributed by atoms with E-state index >= 15 is 0 Å². The molecule has 0 unspecified atom stereocenters. The predicted octanol–water partition coefficient (Wildman–Crippen LogP) is 1.87. The van der Waals surface area contributed by atoms with Gasteiger partial charge in [-0.05, 0) is 35.9 Å². The van der Waals surface area contributed by atoms with E-state index in [4.69, 9.17) is 16.3 Å². The number of benzene rings is 1. The van der Waals surface area contributed by atoms with Crippen molar-refractivity contribution in [2.45, 2.75) is 0 Å². The highest BCUT2D eigenvalue weighted by Crippen LogP contribution is 2.14. The third-order valence-electron chi connectivity index (χ3n) is 1.52. The standard InChI is InChI=1S/C9H10ClNO2/c1-13-8-4-2-7(3-5-8)11-6-9(10)12/h2-5,11H,6H2,1H3. The molecule has 0 spiro atoms.